The van der Waals surface area contributed by atoms with Crippen LogP contribution in [0.4, 0.5) is 0 Å². The molecule has 1 aromatic rings. The van der Waals surface area contributed by atoms with Gasteiger partial charge in [-0.2, -0.15) is 0 Å². The number of methoxy groups -OCH3 is 1. The molecular weight excluding hydrogens is 232 g/mol. The van der Waals surface area contributed by atoms with Crippen molar-refractivity contribution in [3.8, 4) is 0 Å². The van der Waals surface area contributed by atoms with E-state index in [-0.39, 0.29) is 0 Å². The molecule has 0 aliphatic heterocycles. The number of furan rings is 1. The highest BCUT2D eigenvalue weighted by molar-refractivity contribution is 5.80. The van der Waals surface area contributed by atoms with Gasteiger partial charge in [0.1, 0.15) is 5.76 Å². The van der Waals surface area contributed by atoms with Crippen LogP contribution in [-0.2, 0) is 11.3 Å². The zero-order valence-corrected chi connectivity index (χ0v) is 10.6. The molecule has 0 aromatic carbocycles. The Labute approximate surface area is 107 Å². The lowest BCUT2D eigenvalue weighted by Crippen LogP contribution is -2.45. The molecule has 100 valence electrons. The minimum absolute atomic E-state index is 0.507. The number of rotatable bonds is 6. The first-order chi connectivity index (χ1) is 8.85. The molecule has 3 N–H and O–H groups in total. The number of aliphatic imine (C=N–C) groups is 1. The average Bonchev–Trinajstić information content (AvgIpc) is 3.10. The molecule has 1 saturated carbocycles. The molecule has 6 heteroatoms. The van der Waals surface area contributed by atoms with Crippen molar-refractivity contribution < 1.29 is 9.15 Å². The van der Waals surface area contributed by atoms with E-state index < -0.39 is 0 Å². The van der Waals surface area contributed by atoms with Crippen LogP contribution in [0.15, 0.2) is 27.8 Å². The van der Waals surface area contributed by atoms with Gasteiger partial charge in [0.25, 0.3) is 0 Å². The maximum absolute atomic E-state index is 5.56. The van der Waals surface area contributed by atoms with Gasteiger partial charge in [0, 0.05) is 13.2 Å². The minimum atomic E-state index is 0.507. The summed E-state index contributed by atoms with van der Waals surface area (Å²) in [5, 5.41) is 0. The highest BCUT2D eigenvalue weighted by atomic mass is 16.5. The summed E-state index contributed by atoms with van der Waals surface area (Å²) in [5.41, 5.74) is 2.67. The number of hydrazine groups is 1. The van der Waals surface area contributed by atoms with Gasteiger partial charge in [-0.15, -0.1) is 0 Å². The van der Waals surface area contributed by atoms with Crippen molar-refractivity contribution >= 4 is 5.96 Å². The summed E-state index contributed by atoms with van der Waals surface area (Å²) < 4.78 is 10.4. The molecule has 0 bridgehead atoms. The van der Waals surface area contributed by atoms with Gasteiger partial charge in [-0.05, 0) is 25.0 Å². The summed E-state index contributed by atoms with van der Waals surface area (Å²) in [4.78, 5) is 6.56. The van der Waals surface area contributed by atoms with Crippen molar-refractivity contribution in [2.75, 3.05) is 20.3 Å². The van der Waals surface area contributed by atoms with E-state index in [2.05, 4.69) is 15.3 Å². The van der Waals surface area contributed by atoms with Gasteiger partial charge in [-0.3, -0.25) is 5.43 Å². The van der Waals surface area contributed by atoms with Gasteiger partial charge < -0.3 is 14.1 Å². The molecule has 18 heavy (non-hydrogen) atoms. The fraction of sp³-hybridized carbons (Fsp3) is 0.583. The van der Waals surface area contributed by atoms with Crippen LogP contribution in [0.5, 0.6) is 0 Å². The van der Waals surface area contributed by atoms with Crippen molar-refractivity contribution in [2.45, 2.75) is 25.4 Å². The summed E-state index contributed by atoms with van der Waals surface area (Å²) in [6, 6.07) is 4.35. The molecule has 1 aromatic heterocycles. The molecule has 1 aliphatic rings. The lowest BCUT2D eigenvalue weighted by molar-refractivity contribution is 0.207. The van der Waals surface area contributed by atoms with Crippen LogP contribution in [0.2, 0.25) is 0 Å². The van der Waals surface area contributed by atoms with Gasteiger partial charge in [0.05, 0.1) is 26.0 Å². The van der Waals surface area contributed by atoms with E-state index in [1.54, 1.807) is 13.4 Å². The standard InChI is InChI=1S/C12H20N4O2/c1-17-8-6-14-12(15-13)16(10-4-5-10)9-11-3-2-7-18-11/h2-3,7,10H,4-6,8-9,13H2,1H3,(H,14,15). The highest BCUT2D eigenvalue weighted by Gasteiger charge is 2.31. The van der Waals surface area contributed by atoms with Gasteiger partial charge >= 0.3 is 0 Å². The number of nitrogens with zero attached hydrogens (tertiary/aromatic N) is 2. The van der Waals surface area contributed by atoms with Crippen LogP contribution in [0, 0.1) is 0 Å². The normalized spacial score (nSPS) is 15.8. The van der Waals surface area contributed by atoms with E-state index in [9.17, 15) is 0 Å². The van der Waals surface area contributed by atoms with E-state index in [4.69, 9.17) is 15.0 Å². The van der Waals surface area contributed by atoms with Crippen molar-refractivity contribution in [1.82, 2.24) is 10.3 Å². The first-order valence-corrected chi connectivity index (χ1v) is 6.14. The van der Waals surface area contributed by atoms with Crippen molar-refractivity contribution in [3.05, 3.63) is 24.2 Å². The molecule has 0 saturated heterocycles. The van der Waals surface area contributed by atoms with Gasteiger partial charge in [-0.1, -0.05) is 0 Å². The topological polar surface area (TPSA) is 76.0 Å². The third-order valence-electron chi connectivity index (χ3n) is 2.85. The van der Waals surface area contributed by atoms with E-state index in [1.165, 1.54) is 12.8 Å². The Morgan fingerprint density at radius 2 is 2.50 bits per heavy atom. The predicted molar refractivity (Wildman–Crippen MR) is 68.8 cm³/mol. The Kier molecular flexibility index (Phi) is 4.60. The van der Waals surface area contributed by atoms with Crippen LogP contribution >= 0.6 is 0 Å². The first-order valence-electron chi connectivity index (χ1n) is 6.14. The number of guanidine groups is 1. The van der Waals surface area contributed by atoms with Crippen molar-refractivity contribution in [3.63, 3.8) is 0 Å². The zero-order chi connectivity index (χ0) is 12.8. The molecule has 2 rings (SSSR count). The van der Waals surface area contributed by atoms with Gasteiger partial charge in [0.2, 0.25) is 5.96 Å². The molecule has 0 spiro atoms. The Balaban J connectivity index is 2.00. The number of nitrogens with two attached hydrogens (primary N) is 1. The molecule has 1 fully saturated rings. The van der Waals surface area contributed by atoms with E-state index >= 15 is 0 Å². The summed E-state index contributed by atoms with van der Waals surface area (Å²) >= 11 is 0. The van der Waals surface area contributed by atoms with Crippen LogP contribution in [0.1, 0.15) is 18.6 Å². The highest BCUT2D eigenvalue weighted by Crippen LogP contribution is 2.28. The molecule has 0 amide bonds. The smallest absolute Gasteiger partial charge is 0.209 e. The van der Waals surface area contributed by atoms with E-state index in [0.29, 0.717) is 31.7 Å². The molecule has 0 unspecified atom stereocenters. The van der Waals surface area contributed by atoms with Crippen LogP contribution in [-0.4, -0.2) is 37.2 Å². The number of ether oxygens (including phenoxy) is 1. The summed E-state index contributed by atoms with van der Waals surface area (Å²) in [6.45, 7) is 1.87. The Morgan fingerprint density at radius 3 is 3.06 bits per heavy atom. The zero-order valence-electron chi connectivity index (χ0n) is 10.6. The van der Waals surface area contributed by atoms with Crippen LogP contribution in [0.25, 0.3) is 0 Å². The van der Waals surface area contributed by atoms with Crippen molar-refractivity contribution in [2.24, 2.45) is 10.8 Å². The molecule has 1 heterocycles. The number of hydrogen-bond donors (Lipinski definition) is 2. The Bertz CT molecular complexity index is 373. The lowest BCUT2D eigenvalue weighted by atomic mass is 10.4. The maximum Gasteiger partial charge on any atom is 0.209 e. The fourth-order valence-electron chi connectivity index (χ4n) is 1.80. The van der Waals surface area contributed by atoms with Gasteiger partial charge in [0.15, 0.2) is 0 Å². The maximum atomic E-state index is 5.56. The Hall–Kier alpha value is -1.53. The van der Waals surface area contributed by atoms with E-state index in [0.717, 1.165) is 5.76 Å². The van der Waals surface area contributed by atoms with E-state index in [1.807, 2.05) is 12.1 Å². The van der Waals surface area contributed by atoms with Crippen LogP contribution < -0.4 is 11.3 Å². The quantitative estimate of drug-likeness (QED) is 0.256. The molecule has 0 atom stereocenters. The minimum Gasteiger partial charge on any atom is -0.467 e. The third kappa shape index (κ3) is 3.48. The summed E-state index contributed by atoms with van der Waals surface area (Å²) in [5.74, 6) is 7.17. The lowest BCUT2D eigenvalue weighted by Gasteiger charge is -2.24. The average molecular weight is 252 g/mol. The molecule has 1 aliphatic carbocycles. The summed E-state index contributed by atoms with van der Waals surface area (Å²) in [6.07, 6.45) is 4.02. The molecule has 6 nitrogen and oxygen atoms in total. The summed E-state index contributed by atoms with van der Waals surface area (Å²) in [7, 11) is 1.66. The second kappa shape index (κ2) is 6.42. The van der Waals surface area contributed by atoms with Gasteiger partial charge in [-0.25, -0.2) is 10.8 Å². The largest absolute Gasteiger partial charge is 0.467 e. The molecular formula is C12H20N4O2. The second-order valence-electron chi connectivity index (χ2n) is 4.28. The third-order valence-corrected chi connectivity index (χ3v) is 2.85. The molecule has 0 radical (unpaired) electrons. The number of hydrogen-bond acceptors (Lipinski definition) is 4. The predicted octanol–water partition coefficient (Wildman–Crippen LogP) is 0.710. The monoisotopic (exact) mass is 252 g/mol. The number of nitrogens with one attached hydrogen (secondary N) is 1. The van der Waals surface area contributed by atoms with Crippen LogP contribution in [0.3, 0.4) is 0 Å². The SMILES string of the molecule is COCCN=C(NN)N(Cc1ccco1)C1CC1. The first kappa shape index (κ1) is 12.9. The Morgan fingerprint density at radius 1 is 1.67 bits per heavy atom. The van der Waals surface area contributed by atoms with Crippen molar-refractivity contribution in [1.29, 1.82) is 0 Å². The second-order valence-corrected chi connectivity index (χ2v) is 4.28. The fourth-order valence-corrected chi connectivity index (χ4v) is 1.80.